The van der Waals surface area contributed by atoms with Crippen LogP contribution in [0.3, 0.4) is 0 Å². The third-order valence-corrected chi connectivity index (χ3v) is 3.90. The van der Waals surface area contributed by atoms with Gasteiger partial charge in [0.1, 0.15) is 17.4 Å². The highest BCUT2D eigenvalue weighted by Crippen LogP contribution is 2.39. The summed E-state index contributed by atoms with van der Waals surface area (Å²) < 4.78 is 31.8. The summed E-state index contributed by atoms with van der Waals surface area (Å²) in [6, 6.07) is 3.35. The number of ketones is 1. The van der Waals surface area contributed by atoms with Crippen LogP contribution in [0.15, 0.2) is 18.2 Å². The van der Waals surface area contributed by atoms with Gasteiger partial charge in [-0.05, 0) is 30.9 Å². The fraction of sp³-hybridized carbons (Fsp3) is 0.500. The van der Waals surface area contributed by atoms with E-state index < -0.39 is 11.6 Å². The lowest BCUT2D eigenvalue weighted by molar-refractivity contribution is -0.123. The van der Waals surface area contributed by atoms with Crippen molar-refractivity contribution >= 4 is 5.78 Å². The van der Waals surface area contributed by atoms with E-state index in [1.165, 1.54) is 12.1 Å². The quantitative estimate of drug-likeness (QED) is 0.826. The summed E-state index contributed by atoms with van der Waals surface area (Å²) in [5, 5.41) is 0. The first kappa shape index (κ1) is 11.8. The van der Waals surface area contributed by atoms with Crippen molar-refractivity contribution in [2.75, 3.05) is 0 Å². The largest absolute Gasteiger partial charge is 0.374 e. The SMILES string of the molecule is O=C(Cc1ccc(F)cc1F)C1CC2CCC1O2. The van der Waals surface area contributed by atoms with E-state index in [9.17, 15) is 13.6 Å². The predicted octanol–water partition coefficient (Wildman–Crippen LogP) is 2.64. The van der Waals surface area contributed by atoms with Crippen LogP contribution in [0.5, 0.6) is 0 Å². The molecule has 0 spiro atoms. The molecular formula is C14H14F2O2. The zero-order valence-electron chi connectivity index (χ0n) is 9.86. The molecule has 1 aromatic rings. The van der Waals surface area contributed by atoms with Gasteiger partial charge in [-0.1, -0.05) is 6.07 Å². The number of hydrogen-bond donors (Lipinski definition) is 0. The van der Waals surface area contributed by atoms with Crippen LogP contribution in [0.2, 0.25) is 0 Å². The van der Waals surface area contributed by atoms with Crippen molar-refractivity contribution in [3.05, 3.63) is 35.4 Å². The van der Waals surface area contributed by atoms with Crippen LogP contribution in [0.1, 0.15) is 24.8 Å². The number of ether oxygens (including phenoxy) is 1. The molecule has 0 amide bonds. The Morgan fingerprint density at radius 3 is 2.78 bits per heavy atom. The third-order valence-electron chi connectivity index (χ3n) is 3.90. The molecule has 0 aromatic heterocycles. The maximum Gasteiger partial charge on any atom is 0.143 e. The molecule has 0 radical (unpaired) electrons. The Kier molecular flexibility index (Phi) is 2.90. The number of hydrogen-bond acceptors (Lipinski definition) is 2. The number of benzene rings is 1. The van der Waals surface area contributed by atoms with Gasteiger partial charge in [0.2, 0.25) is 0 Å². The summed E-state index contributed by atoms with van der Waals surface area (Å²) >= 11 is 0. The van der Waals surface area contributed by atoms with E-state index in [2.05, 4.69) is 0 Å². The summed E-state index contributed by atoms with van der Waals surface area (Å²) in [5.74, 6) is -1.36. The first-order valence-corrected chi connectivity index (χ1v) is 6.25. The van der Waals surface area contributed by atoms with Crippen molar-refractivity contribution in [3.8, 4) is 0 Å². The van der Waals surface area contributed by atoms with Gasteiger partial charge < -0.3 is 4.74 Å². The van der Waals surface area contributed by atoms with Gasteiger partial charge in [0, 0.05) is 18.4 Å². The van der Waals surface area contributed by atoms with E-state index >= 15 is 0 Å². The van der Waals surface area contributed by atoms with Crippen molar-refractivity contribution < 1.29 is 18.3 Å². The summed E-state index contributed by atoms with van der Waals surface area (Å²) in [5.41, 5.74) is 0.268. The Hall–Kier alpha value is -1.29. The van der Waals surface area contributed by atoms with E-state index in [1.54, 1.807) is 0 Å². The predicted molar refractivity (Wildman–Crippen MR) is 61.1 cm³/mol. The van der Waals surface area contributed by atoms with Crippen molar-refractivity contribution in [1.82, 2.24) is 0 Å². The third kappa shape index (κ3) is 2.05. The van der Waals surface area contributed by atoms with Crippen LogP contribution in [0, 0.1) is 17.6 Å². The molecule has 96 valence electrons. The normalized spacial score (nSPS) is 29.8. The first-order valence-electron chi connectivity index (χ1n) is 6.25. The average Bonchev–Trinajstić information content (AvgIpc) is 2.94. The first-order chi connectivity index (χ1) is 8.63. The second-order valence-corrected chi connectivity index (χ2v) is 5.09. The maximum atomic E-state index is 13.5. The molecule has 2 nitrogen and oxygen atoms in total. The Balaban J connectivity index is 1.71. The number of halogens is 2. The highest BCUT2D eigenvalue weighted by molar-refractivity contribution is 5.84. The molecule has 3 rings (SSSR count). The molecule has 0 aliphatic carbocycles. The molecule has 1 aromatic carbocycles. The van der Waals surface area contributed by atoms with E-state index in [-0.39, 0.29) is 35.9 Å². The lowest BCUT2D eigenvalue weighted by Crippen LogP contribution is -2.26. The van der Waals surface area contributed by atoms with Gasteiger partial charge in [-0.3, -0.25) is 4.79 Å². The van der Waals surface area contributed by atoms with Crippen molar-refractivity contribution in [2.24, 2.45) is 5.92 Å². The van der Waals surface area contributed by atoms with E-state index in [0.29, 0.717) is 0 Å². The molecule has 18 heavy (non-hydrogen) atoms. The fourth-order valence-corrected chi connectivity index (χ4v) is 2.96. The standard InChI is InChI=1S/C14H14F2O2/c15-9-2-1-8(12(16)6-9)5-13(17)11-7-10-3-4-14(11)18-10/h1-2,6,10-11,14H,3-5,7H2. The van der Waals surface area contributed by atoms with Gasteiger partial charge in [-0.25, -0.2) is 8.78 Å². The zero-order chi connectivity index (χ0) is 12.7. The Bertz CT molecular complexity index is 487. The van der Waals surface area contributed by atoms with Crippen LogP contribution in [0.4, 0.5) is 8.78 Å². The van der Waals surface area contributed by atoms with Gasteiger partial charge in [0.25, 0.3) is 0 Å². The van der Waals surface area contributed by atoms with Crippen molar-refractivity contribution in [1.29, 1.82) is 0 Å². The molecule has 2 aliphatic rings. The van der Waals surface area contributed by atoms with Crippen molar-refractivity contribution in [2.45, 2.75) is 37.9 Å². The second kappa shape index (κ2) is 4.43. The summed E-state index contributed by atoms with van der Waals surface area (Å²) in [7, 11) is 0. The topological polar surface area (TPSA) is 26.3 Å². The highest BCUT2D eigenvalue weighted by atomic mass is 19.1. The molecule has 2 saturated heterocycles. The smallest absolute Gasteiger partial charge is 0.143 e. The average molecular weight is 252 g/mol. The molecule has 2 aliphatic heterocycles. The highest BCUT2D eigenvalue weighted by Gasteiger charge is 2.43. The number of carbonyl (C=O) groups excluding carboxylic acids is 1. The minimum Gasteiger partial charge on any atom is -0.374 e. The summed E-state index contributed by atoms with van der Waals surface area (Å²) in [6.07, 6.45) is 2.97. The van der Waals surface area contributed by atoms with Crippen LogP contribution < -0.4 is 0 Å². The van der Waals surface area contributed by atoms with Gasteiger partial charge >= 0.3 is 0 Å². The molecule has 2 bridgehead atoms. The van der Waals surface area contributed by atoms with Crippen LogP contribution in [0.25, 0.3) is 0 Å². The van der Waals surface area contributed by atoms with Crippen LogP contribution in [-0.4, -0.2) is 18.0 Å². The Labute approximate surface area is 104 Å². The van der Waals surface area contributed by atoms with Gasteiger partial charge in [0.05, 0.1) is 12.2 Å². The summed E-state index contributed by atoms with van der Waals surface area (Å²) in [4.78, 5) is 12.1. The number of Topliss-reactive ketones (excluding diaryl/α,β-unsaturated/α-hetero) is 1. The lowest BCUT2D eigenvalue weighted by Gasteiger charge is -2.17. The fourth-order valence-electron chi connectivity index (χ4n) is 2.96. The van der Waals surface area contributed by atoms with Gasteiger partial charge in [0.15, 0.2) is 0 Å². The molecule has 0 N–H and O–H groups in total. The maximum absolute atomic E-state index is 13.5. The Morgan fingerprint density at radius 2 is 2.17 bits per heavy atom. The van der Waals surface area contributed by atoms with E-state index in [1.807, 2.05) is 0 Å². The van der Waals surface area contributed by atoms with Crippen LogP contribution in [-0.2, 0) is 16.0 Å². The zero-order valence-corrected chi connectivity index (χ0v) is 9.86. The molecule has 2 fully saturated rings. The minimum absolute atomic E-state index is 0.00714. The van der Waals surface area contributed by atoms with Crippen LogP contribution >= 0.6 is 0 Å². The van der Waals surface area contributed by atoms with Gasteiger partial charge in [-0.2, -0.15) is 0 Å². The number of rotatable bonds is 3. The van der Waals surface area contributed by atoms with E-state index in [0.717, 1.165) is 25.3 Å². The number of fused-ring (bicyclic) bond motifs is 2. The molecular weight excluding hydrogens is 238 g/mol. The lowest BCUT2D eigenvalue weighted by atomic mass is 9.84. The second-order valence-electron chi connectivity index (χ2n) is 5.09. The monoisotopic (exact) mass is 252 g/mol. The summed E-state index contributed by atoms with van der Waals surface area (Å²) in [6.45, 7) is 0. The Morgan fingerprint density at radius 1 is 1.33 bits per heavy atom. The molecule has 0 saturated carbocycles. The molecule has 3 unspecified atom stereocenters. The van der Waals surface area contributed by atoms with Gasteiger partial charge in [-0.15, -0.1) is 0 Å². The number of carbonyl (C=O) groups is 1. The minimum atomic E-state index is -0.646. The molecule has 2 heterocycles. The molecule has 3 atom stereocenters. The molecule has 4 heteroatoms. The van der Waals surface area contributed by atoms with E-state index in [4.69, 9.17) is 4.74 Å². The van der Waals surface area contributed by atoms with Crippen molar-refractivity contribution in [3.63, 3.8) is 0 Å².